The molecule has 0 amide bonds. The highest BCUT2D eigenvalue weighted by atomic mass is 31.2. The second-order valence-electron chi connectivity index (χ2n) is 16.7. The molecule has 1 N–H and O–H groups in total. The van der Waals surface area contributed by atoms with Gasteiger partial charge in [-0.25, -0.2) is 4.57 Å². The summed E-state index contributed by atoms with van der Waals surface area (Å²) in [6.07, 6.45) is 30.9. The summed E-state index contributed by atoms with van der Waals surface area (Å²) in [6.45, 7) is 8.48. The Morgan fingerprint density at radius 3 is 2.07 bits per heavy atom. The van der Waals surface area contributed by atoms with E-state index in [4.69, 9.17) is 27.7 Å². The van der Waals surface area contributed by atoms with Crippen molar-refractivity contribution in [2.24, 2.45) is 0 Å². The smallest absolute Gasteiger partial charge is 0.466 e. The molecule has 4 atom stereocenters. The summed E-state index contributed by atoms with van der Waals surface area (Å²) in [5.41, 5.74) is 2.57. The van der Waals surface area contributed by atoms with Crippen molar-refractivity contribution in [3.05, 3.63) is 59.1 Å². The van der Waals surface area contributed by atoms with Crippen molar-refractivity contribution in [2.45, 2.75) is 174 Å². The lowest BCUT2D eigenvalue weighted by molar-refractivity contribution is -0.870. The van der Waals surface area contributed by atoms with Crippen LogP contribution in [-0.2, 0) is 50.3 Å². The van der Waals surface area contributed by atoms with Crippen LogP contribution in [0.1, 0.15) is 152 Å². The Bertz CT molecular complexity index is 1430. The van der Waals surface area contributed by atoms with E-state index in [0.717, 1.165) is 82.1 Å². The van der Waals surface area contributed by atoms with Gasteiger partial charge in [0.2, 0.25) is 0 Å². The number of phosphoric ester groups is 1. The SMILES string of the molecule is CCCCCC1OC1C/C=C\C/C=C\C/C=C\CCCC(=O)O[C@H](COC(=O)CCCCCCCCc1oc(CCC)c(C)c1C)COP(=O)(O)OCC[N+](C)(C)C. The zero-order chi connectivity index (χ0) is 42.7. The van der Waals surface area contributed by atoms with Gasteiger partial charge in [0, 0.05) is 25.7 Å². The summed E-state index contributed by atoms with van der Waals surface area (Å²) in [6, 6.07) is 0. The van der Waals surface area contributed by atoms with Gasteiger partial charge in [0.15, 0.2) is 6.10 Å². The molecule has 58 heavy (non-hydrogen) atoms. The van der Waals surface area contributed by atoms with Gasteiger partial charge in [-0.05, 0) is 82.8 Å². The number of carbonyl (C=O) groups excluding carboxylic acids is 2. The molecule has 1 aliphatic rings. The highest BCUT2D eigenvalue weighted by Gasteiger charge is 2.36. The van der Waals surface area contributed by atoms with Crippen molar-refractivity contribution in [1.29, 1.82) is 0 Å². The van der Waals surface area contributed by atoms with E-state index in [1.54, 1.807) is 0 Å². The van der Waals surface area contributed by atoms with Crippen LogP contribution in [0.2, 0.25) is 0 Å². The minimum absolute atomic E-state index is 0.0101. The molecule has 0 aliphatic carbocycles. The zero-order valence-corrected chi connectivity index (χ0v) is 38.1. The number of ether oxygens (including phenoxy) is 3. The van der Waals surface area contributed by atoms with Crippen LogP contribution in [0.4, 0.5) is 0 Å². The topological polar surface area (TPSA) is 134 Å². The van der Waals surface area contributed by atoms with Crippen LogP contribution < -0.4 is 0 Å². The Labute approximate surface area is 351 Å². The third-order valence-electron chi connectivity index (χ3n) is 10.3. The number of phosphoric acid groups is 1. The zero-order valence-electron chi connectivity index (χ0n) is 37.2. The number of epoxide rings is 1. The average molecular weight is 837 g/mol. The molecular formula is C46H79NO10P+. The summed E-state index contributed by atoms with van der Waals surface area (Å²) in [5.74, 6) is 1.33. The minimum atomic E-state index is -4.41. The van der Waals surface area contributed by atoms with E-state index < -0.39 is 32.5 Å². The molecule has 2 rings (SSSR count). The molecule has 332 valence electrons. The van der Waals surface area contributed by atoms with E-state index >= 15 is 0 Å². The van der Waals surface area contributed by atoms with Gasteiger partial charge in [-0.2, -0.15) is 0 Å². The number of hydrogen-bond donors (Lipinski definition) is 1. The number of esters is 2. The Balaban J connectivity index is 1.66. The molecule has 2 heterocycles. The van der Waals surface area contributed by atoms with Gasteiger partial charge in [0.25, 0.3) is 0 Å². The van der Waals surface area contributed by atoms with Crippen LogP contribution in [0.15, 0.2) is 40.9 Å². The Hall–Kier alpha value is -2.53. The Morgan fingerprint density at radius 2 is 1.38 bits per heavy atom. The van der Waals surface area contributed by atoms with Gasteiger partial charge in [-0.1, -0.05) is 95.2 Å². The van der Waals surface area contributed by atoms with Gasteiger partial charge >= 0.3 is 19.8 Å². The normalized spacial score (nSPS) is 17.4. The molecule has 11 nitrogen and oxygen atoms in total. The molecule has 1 aromatic heterocycles. The molecule has 1 fully saturated rings. The fourth-order valence-corrected chi connectivity index (χ4v) is 7.18. The predicted octanol–water partition coefficient (Wildman–Crippen LogP) is 10.8. The number of likely N-dealkylation sites (N-methyl/N-ethyl adjacent to an activating group) is 1. The summed E-state index contributed by atoms with van der Waals surface area (Å²) in [7, 11) is 1.40. The first kappa shape index (κ1) is 51.6. The van der Waals surface area contributed by atoms with E-state index in [-0.39, 0.29) is 26.1 Å². The second kappa shape index (κ2) is 29.7. The number of rotatable bonds is 35. The van der Waals surface area contributed by atoms with Crippen molar-refractivity contribution in [3.63, 3.8) is 0 Å². The maximum absolute atomic E-state index is 12.7. The number of nitrogens with zero attached hydrogens (tertiary/aromatic N) is 1. The number of hydrogen-bond acceptors (Lipinski definition) is 9. The maximum atomic E-state index is 12.7. The average Bonchev–Trinajstić information content (AvgIpc) is 3.86. The molecule has 0 spiro atoms. The van der Waals surface area contributed by atoms with E-state index in [9.17, 15) is 19.0 Å². The van der Waals surface area contributed by atoms with Crippen LogP contribution in [0.5, 0.6) is 0 Å². The lowest BCUT2D eigenvalue weighted by Gasteiger charge is -2.24. The number of allylic oxidation sites excluding steroid dienone is 5. The van der Waals surface area contributed by atoms with Gasteiger partial charge < -0.3 is 28.0 Å². The second-order valence-corrected chi connectivity index (χ2v) is 18.2. The maximum Gasteiger partial charge on any atom is 0.472 e. The van der Waals surface area contributed by atoms with Gasteiger partial charge in [0.1, 0.15) is 31.3 Å². The lowest BCUT2D eigenvalue weighted by Crippen LogP contribution is -2.37. The van der Waals surface area contributed by atoms with Gasteiger partial charge in [-0.3, -0.25) is 18.6 Å². The highest BCUT2D eigenvalue weighted by molar-refractivity contribution is 7.47. The first-order valence-electron chi connectivity index (χ1n) is 22.2. The van der Waals surface area contributed by atoms with Crippen LogP contribution in [0.25, 0.3) is 0 Å². The summed E-state index contributed by atoms with van der Waals surface area (Å²) in [5, 5.41) is 0. The molecule has 0 bridgehead atoms. The number of aryl methyl sites for hydroxylation is 2. The van der Waals surface area contributed by atoms with Crippen molar-refractivity contribution in [3.8, 4) is 0 Å². The molecule has 0 saturated carbocycles. The molecular weight excluding hydrogens is 757 g/mol. The van der Waals surface area contributed by atoms with Gasteiger partial charge in [0.05, 0.1) is 40.0 Å². The quantitative estimate of drug-likeness (QED) is 0.0176. The summed E-state index contributed by atoms with van der Waals surface area (Å²) in [4.78, 5) is 35.5. The molecule has 0 radical (unpaired) electrons. The Kier molecular flexibility index (Phi) is 26.4. The third-order valence-corrected chi connectivity index (χ3v) is 11.3. The first-order valence-corrected chi connectivity index (χ1v) is 23.7. The Morgan fingerprint density at radius 1 is 0.741 bits per heavy atom. The minimum Gasteiger partial charge on any atom is -0.466 e. The van der Waals surface area contributed by atoms with Crippen molar-refractivity contribution in [1.82, 2.24) is 0 Å². The van der Waals surface area contributed by atoms with Crippen LogP contribution in [0.3, 0.4) is 0 Å². The molecule has 3 unspecified atom stereocenters. The van der Waals surface area contributed by atoms with Gasteiger partial charge in [-0.15, -0.1) is 0 Å². The number of quaternary nitrogens is 1. The molecule has 1 saturated heterocycles. The van der Waals surface area contributed by atoms with Crippen molar-refractivity contribution < 1.29 is 51.2 Å². The predicted molar refractivity (Wildman–Crippen MR) is 232 cm³/mol. The van der Waals surface area contributed by atoms with E-state index in [1.807, 2.05) is 27.2 Å². The van der Waals surface area contributed by atoms with Crippen LogP contribution in [0, 0.1) is 13.8 Å². The van der Waals surface area contributed by atoms with Crippen molar-refractivity contribution in [2.75, 3.05) is 47.5 Å². The largest absolute Gasteiger partial charge is 0.472 e. The fraction of sp³-hybridized carbons (Fsp3) is 0.739. The third kappa shape index (κ3) is 25.2. The van der Waals surface area contributed by atoms with Crippen LogP contribution in [-0.4, -0.2) is 87.1 Å². The lowest BCUT2D eigenvalue weighted by atomic mass is 10.0. The molecule has 1 aliphatic heterocycles. The summed E-state index contributed by atoms with van der Waals surface area (Å²) >= 11 is 0. The van der Waals surface area contributed by atoms with E-state index in [2.05, 4.69) is 58.1 Å². The van der Waals surface area contributed by atoms with E-state index in [1.165, 1.54) is 36.8 Å². The summed E-state index contributed by atoms with van der Waals surface area (Å²) < 4.78 is 46.1. The molecule has 12 heteroatoms. The van der Waals surface area contributed by atoms with Crippen molar-refractivity contribution >= 4 is 19.8 Å². The fourth-order valence-electron chi connectivity index (χ4n) is 6.44. The van der Waals surface area contributed by atoms with Crippen LogP contribution >= 0.6 is 7.82 Å². The number of unbranched alkanes of at least 4 members (excludes halogenated alkanes) is 8. The highest BCUT2D eigenvalue weighted by Crippen LogP contribution is 2.43. The standard InChI is InChI=1S/C46H78NO10P/c1-8-10-23-30-43-44(57-43)31-25-20-15-13-11-12-14-16-22-27-33-46(49)55-40(37-54-58(50,51)53-35-34-47(5,6)7)36-52-45(48)32-26-21-18-17-19-24-29-42-39(4)38(3)41(56-42)28-9-2/h11,13-14,16,20,25,40,43-44H,8-10,12,15,17-19,21-24,26-37H2,1-7H3/p+1/b13-11-,16-14-,25-20-/t40-,43?,44?/m1/s1. The number of furan rings is 1. The van der Waals surface area contributed by atoms with E-state index in [0.29, 0.717) is 42.5 Å². The molecule has 1 aromatic rings. The number of carbonyl (C=O) groups is 2. The molecule has 0 aromatic carbocycles. The monoisotopic (exact) mass is 837 g/mol. The first-order chi connectivity index (χ1) is 27.7.